The molecule has 0 aliphatic heterocycles. The van der Waals surface area contributed by atoms with Crippen LogP contribution in [0.3, 0.4) is 0 Å². The second-order valence-electron chi connectivity index (χ2n) is 1.44. The van der Waals surface area contributed by atoms with Gasteiger partial charge in [-0.25, -0.2) is 0 Å². The Morgan fingerprint density at radius 1 is 1.78 bits per heavy atom. The lowest BCUT2D eigenvalue weighted by molar-refractivity contribution is 0.136. The lowest BCUT2D eigenvalue weighted by Gasteiger charge is -2.20. The molecule has 0 spiro atoms. The standard InChI is InChI=1S/C3H7ClO4P/c1-3(4,8-2)9(5,6)7/h1H2,2H3,(H2,5,6,7). The molecule has 0 aromatic rings. The highest BCUT2D eigenvalue weighted by Gasteiger charge is 2.40. The Labute approximate surface area is 57.9 Å². The predicted molar refractivity (Wildman–Crippen MR) is 33.0 cm³/mol. The number of alkyl halides is 1. The maximum Gasteiger partial charge on any atom is 0.372 e. The Kier molecular flexibility index (Phi) is 2.68. The monoisotopic (exact) mass is 173 g/mol. The Bertz CT molecular complexity index is 139. The molecule has 0 aliphatic rings. The fourth-order valence-electron chi connectivity index (χ4n) is 0.119. The predicted octanol–water partition coefficient (Wildman–Crippen LogP) is 0.537. The van der Waals surface area contributed by atoms with Crippen molar-refractivity contribution in [3.63, 3.8) is 0 Å². The highest BCUT2D eigenvalue weighted by molar-refractivity contribution is 7.55. The van der Waals surface area contributed by atoms with E-state index in [2.05, 4.69) is 11.7 Å². The molecule has 1 radical (unpaired) electrons. The summed E-state index contributed by atoms with van der Waals surface area (Å²) in [5.41, 5.74) is 0. The minimum Gasteiger partial charge on any atom is -0.352 e. The van der Waals surface area contributed by atoms with Gasteiger partial charge in [-0.1, -0.05) is 11.6 Å². The summed E-state index contributed by atoms with van der Waals surface area (Å²) in [5, 5.41) is 0. The van der Waals surface area contributed by atoms with E-state index in [-0.39, 0.29) is 0 Å². The summed E-state index contributed by atoms with van der Waals surface area (Å²) in [4.78, 5) is 14.5. The summed E-state index contributed by atoms with van der Waals surface area (Å²) >= 11 is 5.10. The molecule has 0 bridgehead atoms. The highest BCUT2D eigenvalue weighted by atomic mass is 35.5. The second kappa shape index (κ2) is 2.56. The fourth-order valence-corrected chi connectivity index (χ4v) is 0.357. The lowest BCUT2D eigenvalue weighted by Crippen LogP contribution is -2.18. The second-order valence-corrected chi connectivity index (χ2v) is 4.12. The molecule has 0 rings (SSSR count). The van der Waals surface area contributed by atoms with Crippen molar-refractivity contribution in [3.05, 3.63) is 6.92 Å². The van der Waals surface area contributed by atoms with E-state index >= 15 is 0 Å². The van der Waals surface area contributed by atoms with Crippen molar-refractivity contribution < 1.29 is 19.1 Å². The van der Waals surface area contributed by atoms with Gasteiger partial charge in [0.1, 0.15) is 0 Å². The van der Waals surface area contributed by atoms with Gasteiger partial charge in [0.25, 0.3) is 0 Å². The zero-order valence-electron chi connectivity index (χ0n) is 4.74. The van der Waals surface area contributed by atoms with Crippen LogP contribution >= 0.6 is 19.2 Å². The normalized spacial score (nSPS) is 19.2. The zero-order valence-corrected chi connectivity index (χ0v) is 6.39. The molecule has 0 aromatic heterocycles. The molecule has 0 saturated carbocycles. The van der Waals surface area contributed by atoms with Crippen LogP contribution in [-0.2, 0) is 9.30 Å². The smallest absolute Gasteiger partial charge is 0.352 e. The Morgan fingerprint density at radius 2 is 2.11 bits per heavy atom. The summed E-state index contributed by atoms with van der Waals surface area (Å²) in [6.07, 6.45) is 0. The van der Waals surface area contributed by atoms with Crippen LogP contribution in [0, 0.1) is 6.92 Å². The number of ether oxygens (including phenoxy) is 1. The molecule has 1 unspecified atom stereocenters. The van der Waals surface area contributed by atoms with Crippen LogP contribution in [0.1, 0.15) is 0 Å². The van der Waals surface area contributed by atoms with Gasteiger partial charge in [0, 0.05) is 14.0 Å². The third-order valence-electron chi connectivity index (χ3n) is 0.748. The summed E-state index contributed by atoms with van der Waals surface area (Å²) in [6.45, 7) is 2.94. The maximum atomic E-state index is 10.3. The lowest BCUT2D eigenvalue weighted by atomic mass is 10.8. The van der Waals surface area contributed by atoms with Gasteiger partial charge in [0.05, 0.1) is 0 Å². The largest absolute Gasteiger partial charge is 0.372 e. The van der Waals surface area contributed by atoms with E-state index in [9.17, 15) is 4.57 Å². The minimum absolute atomic E-state index is 1.07. The van der Waals surface area contributed by atoms with E-state index in [1.807, 2.05) is 0 Å². The topological polar surface area (TPSA) is 66.8 Å². The van der Waals surface area contributed by atoms with Crippen LogP contribution in [0.4, 0.5) is 0 Å². The molecule has 0 aromatic carbocycles. The molecular weight excluding hydrogens is 166 g/mol. The van der Waals surface area contributed by atoms with Crippen LogP contribution in [0.5, 0.6) is 0 Å². The first-order chi connectivity index (χ1) is 3.81. The average molecular weight is 174 g/mol. The number of halogens is 1. The van der Waals surface area contributed by atoms with E-state index in [1.54, 1.807) is 0 Å². The van der Waals surface area contributed by atoms with Crippen LogP contribution in [0.25, 0.3) is 0 Å². The van der Waals surface area contributed by atoms with E-state index < -0.39 is 12.4 Å². The van der Waals surface area contributed by atoms with E-state index in [1.165, 1.54) is 0 Å². The molecule has 0 saturated heterocycles. The molecule has 4 nitrogen and oxygen atoms in total. The third kappa shape index (κ3) is 2.24. The van der Waals surface area contributed by atoms with E-state index in [0.29, 0.717) is 0 Å². The SMILES string of the molecule is [CH2]C(Cl)(OC)P(=O)(O)O. The minimum atomic E-state index is -4.44. The van der Waals surface area contributed by atoms with Gasteiger partial charge in [0.15, 0.2) is 0 Å². The number of rotatable bonds is 2. The molecule has 9 heavy (non-hydrogen) atoms. The number of methoxy groups -OCH3 is 1. The maximum absolute atomic E-state index is 10.3. The van der Waals surface area contributed by atoms with Gasteiger partial charge in [-0.2, -0.15) is 0 Å². The first kappa shape index (κ1) is 9.40. The molecule has 2 N–H and O–H groups in total. The van der Waals surface area contributed by atoms with Crippen molar-refractivity contribution in [1.82, 2.24) is 0 Å². The van der Waals surface area contributed by atoms with Crippen molar-refractivity contribution in [2.75, 3.05) is 7.11 Å². The van der Waals surface area contributed by atoms with Crippen LogP contribution in [0.2, 0.25) is 0 Å². The number of hydrogen-bond donors (Lipinski definition) is 2. The van der Waals surface area contributed by atoms with E-state index in [0.717, 1.165) is 7.11 Å². The first-order valence-corrected chi connectivity index (χ1v) is 3.95. The molecule has 55 valence electrons. The van der Waals surface area contributed by atoms with Crippen LogP contribution in [0.15, 0.2) is 0 Å². The highest BCUT2D eigenvalue weighted by Crippen LogP contribution is 2.52. The Morgan fingerprint density at radius 3 is 2.11 bits per heavy atom. The van der Waals surface area contributed by atoms with Crippen molar-refractivity contribution >= 4 is 19.2 Å². The van der Waals surface area contributed by atoms with Gasteiger partial charge in [0.2, 0.25) is 4.80 Å². The fraction of sp³-hybridized carbons (Fsp3) is 0.667. The Balaban J connectivity index is 4.34. The first-order valence-electron chi connectivity index (χ1n) is 1.96. The summed E-state index contributed by atoms with van der Waals surface area (Å²) in [5.74, 6) is 0. The van der Waals surface area contributed by atoms with Crippen molar-refractivity contribution in [1.29, 1.82) is 0 Å². The molecule has 0 amide bonds. The van der Waals surface area contributed by atoms with E-state index in [4.69, 9.17) is 21.4 Å². The third-order valence-corrected chi connectivity index (χ3v) is 2.62. The zero-order chi connectivity index (χ0) is 7.71. The molecule has 0 heterocycles. The average Bonchev–Trinajstić information content (AvgIpc) is 1.64. The van der Waals surface area contributed by atoms with Gasteiger partial charge in [-0.3, -0.25) is 4.57 Å². The van der Waals surface area contributed by atoms with Gasteiger partial charge < -0.3 is 14.5 Å². The van der Waals surface area contributed by atoms with Crippen LogP contribution in [-0.4, -0.2) is 21.7 Å². The van der Waals surface area contributed by atoms with Crippen molar-refractivity contribution in [3.8, 4) is 0 Å². The van der Waals surface area contributed by atoms with Gasteiger partial charge >= 0.3 is 7.60 Å². The molecule has 0 fully saturated rings. The Hall–Kier alpha value is 0.400. The molecule has 1 atom stereocenters. The summed E-state index contributed by atoms with van der Waals surface area (Å²) in [7, 11) is -3.37. The van der Waals surface area contributed by atoms with Crippen LogP contribution < -0.4 is 0 Å². The van der Waals surface area contributed by atoms with Crippen molar-refractivity contribution in [2.24, 2.45) is 0 Å². The summed E-state index contributed by atoms with van der Waals surface area (Å²) in [6, 6.07) is 0. The van der Waals surface area contributed by atoms with Gasteiger partial charge in [-0.15, -0.1) is 0 Å². The molecule has 6 heteroatoms. The molecular formula is C3H7ClO4P. The quantitative estimate of drug-likeness (QED) is 0.472. The number of hydrogen-bond acceptors (Lipinski definition) is 2. The van der Waals surface area contributed by atoms with Gasteiger partial charge in [-0.05, 0) is 0 Å². The molecule has 0 aliphatic carbocycles. The summed E-state index contributed by atoms with van der Waals surface area (Å²) < 4.78 is 14.5. The van der Waals surface area contributed by atoms with Crippen molar-refractivity contribution in [2.45, 2.75) is 4.80 Å².